The van der Waals surface area contributed by atoms with Crippen LogP contribution in [0.4, 0.5) is 0 Å². The van der Waals surface area contributed by atoms with Crippen LogP contribution in [-0.2, 0) is 4.79 Å². The summed E-state index contributed by atoms with van der Waals surface area (Å²) in [4.78, 5) is 29.9. The van der Waals surface area contributed by atoms with Crippen molar-refractivity contribution in [2.45, 2.75) is 58.3 Å². The molecular weight excluding hydrogens is 330 g/mol. The number of nitrogens with zero attached hydrogens (tertiary/aromatic N) is 3. The molecule has 6 heteroatoms. The molecule has 2 aliphatic heterocycles. The summed E-state index contributed by atoms with van der Waals surface area (Å²) in [6.07, 6.45) is 9.18. The highest BCUT2D eigenvalue weighted by Gasteiger charge is 2.49. The fourth-order valence-corrected chi connectivity index (χ4v) is 5.06. The topological polar surface area (TPSA) is 66.7 Å². The van der Waals surface area contributed by atoms with Crippen molar-refractivity contribution in [2.75, 3.05) is 26.2 Å². The van der Waals surface area contributed by atoms with Gasteiger partial charge in [-0.3, -0.25) is 9.59 Å². The number of piperidine rings is 1. The number of amides is 2. The minimum absolute atomic E-state index is 0.115. The molecule has 1 saturated carbocycles. The Morgan fingerprint density at radius 3 is 2.77 bits per heavy atom. The van der Waals surface area contributed by atoms with Gasteiger partial charge in [0.25, 0.3) is 5.91 Å². The summed E-state index contributed by atoms with van der Waals surface area (Å²) in [5, 5.41) is 3.84. The molecule has 1 atom stereocenters. The fraction of sp³-hybridized carbons (Fsp3) is 0.750. The third-order valence-electron chi connectivity index (χ3n) is 6.52. The largest absolute Gasteiger partial charge is 0.361 e. The first-order chi connectivity index (χ1) is 12.6. The molecule has 26 heavy (non-hydrogen) atoms. The fourth-order valence-electron chi connectivity index (χ4n) is 5.06. The van der Waals surface area contributed by atoms with Crippen molar-refractivity contribution in [3.63, 3.8) is 0 Å². The third-order valence-corrected chi connectivity index (χ3v) is 6.52. The zero-order valence-corrected chi connectivity index (χ0v) is 15.7. The van der Waals surface area contributed by atoms with Crippen LogP contribution in [0.2, 0.25) is 0 Å². The summed E-state index contributed by atoms with van der Waals surface area (Å²) in [5.41, 5.74) is -0.0247. The van der Waals surface area contributed by atoms with Gasteiger partial charge >= 0.3 is 0 Å². The Morgan fingerprint density at radius 1 is 1.23 bits per heavy atom. The van der Waals surface area contributed by atoms with Crippen LogP contribution in [0, 0.1) is 18.3 Å². The molecule has 2 amide bonds. The second kappa shape index (κ2) is 7.05. The van der Waals surface area contributed by atoms with Gasteiger partial charge in [0.15, 0.2) is 5.69 Å². The maximum Gasteiger partial charge on any atom is 0.276 e. The van der Waals surface area contributed by atoms with Gasteiger partial charge in [0, 0.05) is 32.2 Å². The van der Waals surface area contributed by atoms with Gasteiger partial charge in [-0.05, 0) is 44.9 Å². The van der Waals surface area contributed by atoms with Gasteiger partial charge in [0.1, 0.15) is 5.76 Å². The van der Waals surface area contributed by atoms with Crippen molar-refractivity contribution in [3.8, 4) is 0 Å². The molecule has 0 N–H and O–H groups in total. The Labute approximate surface area is 154 Å². The normalized spacial score (nSPS) is 27.5. The van der Waals surface area contributed by atoms with E-state index in [0.717, 1.165) is 32.4 Å². The molecule has 0 aromatic carbocycles. The molecule has 3 fully saturated rings. The average molecular weight is 359 g/mol. The first-order valence-corrected chi connectivity index (χ1v) is 10.1. The van der Waals surface area contributed by atoms with E-state index >= 15 is 0 Å². The predicted octanol–water partition coefficient (Wildman–Crippen LogP) is 3.02. The van der Waals surface area contributed by atoms with Crippen molar-refractivity contribution in [1.29, 1.82) is 0 Å². The van der Waals surface area contributed by atoms with Crippen LogP contribution in [0.5, 0.6) is 0 Å². The highest BCUT2D eigenvalue weighted by molar-refractivity contribution is 5.93. The van der Waals surface area contributed by atoms with Gasteiger partial charge in [0.05, 0.1) is 5.41 Å². The summed E-state index contributed by atoms with van der Waals surface area (Å²) >= 11 is 0. The van der Waals surface area contributed by atoms with Gasteiger partial charge < -0.3 is 14.3 Å². The quantitative estimate of drug-likeness (QED) is 0.832. The molecule has 0 radical (unpaired) electrons. The van der Waals surface area contributed by atoms with E-state index in [9.17, 15) is 9.59 Å². The van der Waals surface area contributed by atoms with Crippen molar-refractivity contribution in [1.82, 2.24) is 15.0 Å². The standard InChI is InChI=1S/C20H29N3O3/c1-15-12-17(21-26-15)18(24)23-11-9-20(14-23)8-5-10-22(19(20)25)13-16-6-3-2-4-7-16/h12,16H,2-11,13-14H2,1H3/t20-/m0/s1. The Bertz CT molecular complexity index is 680. The predicted molar refractivity (Wildman–Crippen MR) is 96.6 cm³/mol. The van der Waals surface area contributed by atoms with Crippen molar-refractivity contribution < 1.29 is 14.1 Å². The van der Waals surface area contributed by atoms with E-state index in [4.69, 9.17) is 4.52 Å². The van der Waals surface area contributed by atoms with Crippen molar-refractivity contribution in [2.24, 2.45) is 11.3 Å². The zero-order valence-electron chi connectivity index (χ0n) is 15.7. The lowest BCUT2D eigenvalue weighted by molar-refractivity contribution is -0.146. The monoisotopic (exact) mass is 359 g/mol. The maximum atomic E-state index is 13.3. The minimum atomic E-state index is -0.374. The molecule has 1 spiro atoms. The van der Waals surface area contributed by atoms with Crippen molar-refractivity contribution >= 4 is 11.8 Å². The first-order valence-electron chi connectivity index (χ1n) is 10.1. The second-order valence-electron chi connectivity index (χ2n) is 8.44. The molecule has 4 rings (SSSR count). The smallest absolute Gasteiger partial charge is 0.276 e. The van der Waals surface area contributed by atoms with Gasteiger partial charge in [-0.2, -0.15) is 0 Å². The van der Waals surface area contributed by atoms with Crippen LogP contribution in [0.1, 0.15) is 67.6 Å². The van der Waals surface area contributed by atoms with Gasteiger partial charge in [-0.25, -0.2) is 0 Å². The number of hydrogen-bond donors (Lipinski definition) is 0. The molecule has 3 aliphatic rings. The van der Waals surface area contributed by atoms with Gasteiger partial charge in [0.2, 0.25) is 5.91 Å². The lowest BCUT2D eigenvalue weighted by atomic mass is 9.77. The van der Waals surface area contributed by atoms with Gasteiger partial charge in [-0.15, -0.1) is 0 Å². The van der Waals surface area contributed by atoms with Gasteiger partial charge in [-0.1, -0.05) is 24.4 Å². The van der Waals surface area contributed by atoms with E-state index in [1.165, 1.54) is 32.1 Å². The molecule has 3 heterocycles. The highest BCUT2D eigenvalue weighted by atomic mass is 16.5. The van der Waals surface area contributed by atoms with Crippen LogP contribution < -0.4 is 0 Å². The van der Waals surface area contributed by atoms with E-state index in [-0.39, 0.29) is 17.2 Å². The van der Waals surface area contributed by atoms with Crippen molar-refractivity contribution in [3.05, 3.63) is 17.5 Å². The number of rotatable bonds is 3. The molecule has 0 bridgehead atoms. The molecular formula is C20H29N3O3. The lowest BCUT2D eigenvalue weighted by Gasteiger charge is -2.41. The molecule has 2 saturated heterocycles. The van der Waals surface area contributed by atoms with Crippen LogP contribution in [0.25, 0.3) is 0 Å². The average Bonchev–Trinajstić information content (AvgIpc) is 3.27. The summed E-state index contributed by atoms with van der Waals surface area (Å²) in [6.45, 7) is 4.74. The summed E-state index contributed by atoms with van der Waals surface area (Å²) in [7, 11) is 0. The summed E-state index contributed by atoms with van der Waals surface area (Å²) in [6, 6.07) is 1.67. The maximum absolute atomic E-state index is 13.3. The zero-order chi connectivity index (χ0) is 18.1. The lowest BCUT2D eigenvalue weighted by Crippen LogP contribution is -2.51. The van der Waals surface area contributed by atoms with E-state index in [2.05, 4.69) is 10.1 Å². The van der Waals surface area contributed by atoms with Crippen LogP contribution >= 0.6 is 0 Å². The van der Waals surface area contributed by atoms with E-state index in [1.807, 2.05) is 0 Å². The minimum Gasteiger partial charge on any atom is -0.361 e. The number of carbonyl (C=O) groups is 2. The molecule has 1 aliphatic carbocycles. The Kier molecular flexibility index (Phi) is 4.76. The van der Waals surface area contributed by atoms with Crippen LogP contribution in [-0.4, -0.2) is 52.9 Å². The molecule has 0 unspecified atom stereocenters. The van der Waals surface area contributed by atoms with E-state index < -0.39 is 0 Å². The van der Waals surface area contributed by atoms with E-state index in [0.29, 0.717) is 30.5 Å². The Hall–Kier alpha value is -1.85. The number of likely N-dealkylation sites (tertiary alicyclic amines) is 2. The SMILES string of the molecule is Cc1cc(C(=O)N2CC[C@@]3(CCCN(CC4CCCCC4)C3=O)C2)no1. The van der Waals surface area contributed by atoms with E-state index in [1.54, 1.807) is 17.9 Å². The number of aryl methyl sites for hydroxylation is 1. The number of aromatic nitrogens is 1. The highest BCUT2D eigenvalue weighted by Crippen LogP contribution is 2.41. The third kappa shape index (κ3) is 3.26. The molecule has 1 aromatic heterocycles. The first kappa shape index (κ1) is 17.6. The van der Waals surface area contributed by atoms with Crippen LogP contribution in [0.3, 0.4) is 0 Å². The molecule has 6 nitrogen and oxygen atoms in total. The Balaban J connectivity index is 1.42. The second-order valence-corrected chi connectivity index (χ2v) is 8.44. The number of carbonyl (C=O) groups excluding carboxylic acids is 2. The summed E-state index contributed by atoms with van der Waals surface area (Å²) < 4.78 is 5.03. The number of hydrogen-bond acceptors (Lipinski definition) is 4. The van der Waals surface area contributed by atoms with Crippen LogP contribution in [0.15, 0.2) is 10.6 Å². The molecule has 142 valence electrons. The summed E-state index contributed by atoms with van der Waals surface area (Å²) in [5.74, 6) is 1.46. The molecule has 1 aromatic rings. The Morgan fingerprint density at radius 2 is 2.04 bits per heavy atom.